The van der Waals surface area contributed by atoms with Crippen LogP contribution in [0, 0.1) is 0 Å². The van der Waals surface area contributed by atoms with Gasteiger partial charge in [-0.3, -0.25) is 4.79 Å². The highest BCUT2D eigenvalue weighted by molar-refractivity contribution is 5.87. The van der Waals surface area contributed by atoms with Crippen LogP contribution in [0.2, 0.25) is 0 Å². The second-order valence-electron chi connectivity index (χ2n) is 5.52. The molecule has 1 amide bonds. The molecule has 0 aliphatic carbocycles. The fourth-order valence-corrected chi connectivity index (χ4v) is 2.64. The molecule has 1 heterocycles. The Kier molecular flexibility index (Phi) is 4.96. The van der Waals surface area contributed by atoms with Crippen LogP contribution < -0.4 is 0 Å². The van der Waals surface area contributed by atoms with Crippen LogP contribution in [0.3, 0.4) is 0 Å². The Morgan fingerprint density at radius 3 is 2.71 bits per heavy atom. The van der Waals surface area contributed by atoms with E-state index >= 15 is 0 Å². The van der Waals surface area contributed by atoms with Gasteiger partial charge in [-0.2, -0.15) is 0 Å². The van der Waals surface area contributed by atoms with E-state index in [4.69, 9.17) is 4.74 Å². The molecule has 0 saturated carbocycles. The molecule has 1 unspecified atom stereocenters. The van der Waals surface area contributed by atoms with E-state index in [0.717, 1.165) is 12.0 Å². The average molecular weight is 291 g/mol. The molecule has 1 aromatic carbocycles. The van der Waals surface area contributed by atoms with Crippen LogP contribution in [0.1, 0.15) is 31.7 Å². The third-order valence-corrected chi connectivity index (χ3v) is 3.97. The van der Waals surface area contributed by atoms with Crippen molar-refractivity contribution >= 4 is 11.9 Å². The molecule has 1 fully saturated rings. The SMILES string of the molecule is CC1(C(=O)O)CCCN1C(=O)CCOCc1ccccc1. The van der Waals surface area contributed by atoms with Gasteiger partial charge < -0.3 is 14.7 Å². The first kappa shape index (κ1) is 15.5. The number of carbonyl (C=O) groups excluding carboxylic acids is 1. The lowest BCUT2D eigenvalue weighted by atomic mass is 9.99. The van der Waals surface area contributed by atoms with Gasteiger partial charge in [0.1, 0.15) is 5.54 Å². The third-order valence-electron chi connectivity index (χ3n) is 3.97. The van der Waals surface area contributed by atoms with Crippen molar-refractivity contribution in [2.24, 2.45) is 0 Å². The molecule has 0 radical (unpaired) electrons. The second kappa shape index (κ2) is 6.72. The molecule has 0 spiro atoms. The smallest absolute Gasteiger partial charge is 0.329 e. The maximum Gasteiger partial charge on any atom is 0.329 e. The number of hydrogen-bond donors (Lipinski definition) is 1. The van der Waals surface area contributed by atoms with Gasteiger partial charge in [0.15, 0.2) is 0 Å². The van der Waals surface area contributed by atoms with E-state index in [-0.39, 0.29) is 12.3 Å². The van der Waals surface area contributed by atoms with Crippen molar-refractivity contribution in [3.8, 4) is 0 Å². The number of ether oxygens (including phenoxy) is 1. The first-order chi connectivity index (χ1) is 10.0. The van der Waals surface area contributed by atoms with E-state index in [9.17, 15) is 14.7 Å². The first-order valence-corrected chi connectivity index (χ1v) is 7.19. The monoisotopic (exact) mass is 291 g/mol. The van der Waals surface area contributed by atoms with Gasteiger partial charge in [0.05, 0.1) is 19.6 Å². The van der Waals surface area contributed by atoms with Crippen molar-refractivity contribution in [1.29, 1.82) is 0 Å². The molecule has 1 aromatic rings. The maximum absolute atomic E-state index is 12.2. The molecule has 5 nitrogen and oxygen atoms in total. The maximum atomic E-state index is 12.2. The number of carbonyl (C=O) groups is 2. The highest BCUT2D eigenvalue weighted by Gasteiger charge is 2.45. The summed E-state index contributed by atoms with van der Waals surface area (Å²) in [5.41, 5.74) is -0.00207. The van der Waals surface area contributed by atoms with Gasteiger partial charge in [0.2, 0.25) is 5.91 Å². The lowest BCUT2D eigenvalue weighted by Gasteiger charge is -2.31. The van der Waals surface area contributed by atoms with Crippen LogP contribution in [0.4, 0.5) is 0 Å². The molecule has 2 rings (SSSR count). The molecule has 1 aliphatic heterocycles. The summed E-state index contributed by atoms with van der Waals surface area (Å²) < 4.78 is 5.48. The van der Waals surface area contributed by atoms with Crippen molar-refractivity contribution in [2.75, 3.05) is 13.2 Å². The summed E-state index contributed by atoms with van der Waals surface area (Å²) in [7, 11) is 0. The highest BCUT2D eigenvalue weighted by atomic mass is 16.5. The van der Waals surface area contributed by atoms with Crippen LogP contribution in [0.5, 0.6) is 0 Å². The normalized spacial score (nSPS) is 21.5. The van der Waals surface area contributed by atoms with Crippen LogP contribution in [0.25, 0.3) is 0 Å². The number of likely N-dealkylation sites (tertiary alicyclic amines) is 1. The number of carboxylic acid groups (broad SMARTS) is 1. The Morgan fingerprint density at radius 2 is 2.05 bits per heavy atom. The standard InChI is InChI=1S/C16H21NO4/c1-16(15(19)20)9-5-10-17(16)14(18)8-11-21-12-13-6-3-2-4-7-13/h2-4,6-7H,5,8-12H2,1H3,(H,19,20). The van der Waals surface area contributed by atoms with E-state index in [0.29, 0.717) is 26.2 Å². The zero-order valence-electron chi connectivity index (χ0n) is 12.2. The van der Waals surface area contributed by atoms with E-state index in [1.807, 2.05) is 30.3 Å². The number of carboxylic acids is 1. The highest BCUT2D eigenvalue weighted by Crippen LogP contribution is 2.29. The molecular weight excluding hydrogens is 270 g/mol. The Labute approximate surface area is 124 Å². The van der Waals surface area contributed by atoms with Gasteiger partial charge in [0, 0.05) is 6.54 Å². The second-order valence-corrected chi connectivity index (χ2v) is 5.52. The largest absolute Gasteiger partial charge is 0.480 e. The summed E-state index contributed by atoms with van der Waals surface area (Å²) in [6, 6.07) is 9.74. The summed E-state index contributed by atoms with van der Waals surface area (Å²) in [6.45, 7) is 2.90. The summed E-state index contributed by atoms with van der Waals surface area (Å²) in [5, 5.41) is 9.29. The van der Waals surface area contributed by atoms with Gasteiger partial charge in [0.25, 0.3) is 0 Å². The number of nitrogens with zero attached hydrogens (tertiary/aromatic N) is 1. The first-order valence-electron chi connectivity index (χ1n) is 7.19. The van der Waals surface area contributed by atoms with Gasteiger partial charge >= 0.3 is 5.97 Å². The van der Waals surface area contributed by atoms with Crippen LogP contribution in [-0.4, -0.2) is 40.6 Å². The summed E-state index contributed by atoms with van der Waals surface area (Å²) in [4.78, 5) is 25.0. The van der Waals surface area contributed by atoms with Crippen LogP contribution in [0.15, 0.2) is 30.3 Å². The minimum Gasteiger partial charge on any atom is -0.480 e. The topological polar surface area (TPSA) is 66.8 Å². The van der Waals surface area contributed by atoms with Crippen molar-refractivity contribution in [3.63, 3.8) is 0 Å². The van der Waals surface area contributed by atoms with Crippen molar-refractivity contribution < 1.29 is 19.4 Å². The van der Waals surface area contributed by atoms with E-state index in [1.165, 1.54) is 4.90 Å². The number of amides is 1. The molecule has 1 atom stereocenters. The van der Waals surface area contributed by atoms with E-state index in [1.54, 1.807) is 6.92 Å². The molecule has 5 heteroatoms. The van der Waals surface area contributed by atoms with Crippen molar-refractivity contribution in [2.45, 2.75) is 38.3 Å². The predicted molar refractivity (Wildman–Crippen MR) is 77.7 cm³/mol. The Balaban J connectivity index is 1.78. The van der Waals surface area contributed by atoms with Crippen molar-refractivity contribution in [1.82, 2.24) is 4.90 Å². The summed E-state index contributed by atoms with van der Waals surface area (Å²) >= 11 is 0. The number of benzene rings is 1. The minimum atomic E-state index is -1.06. The number of rotatable bonds is 6. The van der Waals surface area contributed by atoms with Crippen LogP contribution >= 0.6 is 0 Å². The molecule has 21 heavy (non-hydrogen) atoms. The van der Waals surface area contributed by atoms with Gasteiger partial charge in [-0.1, -0.05) is 30.3 Å². The Morgan fingerprint density at radius 1 is 1.33 bits per heavy atom. The number of hydrogen-bond acceptors (Lipinski definition) is 3. The summed E-state index contributed by atoms with van der Waals surface area (Å²) in [5.74, 6) is -1.08. The Hall–Kier alpha value is -1.88. The lowest BCUT2D eigenvalue weighted by Crippen LogP contribution is -2.50. The van der Waals surface area contributed by atoms with Crippen molar-refractivity contribution in [3.05, 3.63) is 35.9 Å². The van der Waals surface area contributed by atoms with Gasteiger partial charge in [-0.05, 0) is 25.3 Å². The molecule has 0 aromatic heterocycles. The molecule has 1 N–H and O–H groups in total. The zero-order chi connectivity index (χ0) is 15.3. The Bertz CT molecular complexity index is 502. The fraction of sp³-hybridized carbons (Fsp3) is 0.500. The molecular formula is C16H21NO4. The average Bonchev–Trinajstić information content (AvgIpc) is 2.88. The third kappa shape index (κ3) is 3.61. The summed E-state index contributed by atoms with van der Waals surface area (Å²) in [6.07, 6.45) is 1.47. The quantitative estimate of drug-likeness (QED) is 0.815. The van der Waals surface area contributed by atoms with E-state index < -0.39 is 11.5 Å². The predicted octanol–water partition coefficient (Wildman–Crippen LogP) is 2.06. The van der Waals surface area contributed by atoms with Gasteiger partial charge in [-0.25, -0.2) is 4.79 Å². The lowest BCUT2D eigenvalue weighted by molar-refractivity contribution is -0.155. The van der Waals surface area contributed by atoms with Gasteiger partial charge in [-0.15, -0.1) is 0 Å². The zero-order valence-corrected chi connectivity index (χ0v) is 12.2. The molecule has 1 aliphatic rings. The minimum absolute atomic E-state index is 0.148. The van der Waals surface area contributed by atoms with Crippen LogP contribution in [-0.2, 0) is 20.9 Å². The fourth-order valence-electron chi connectivity index (χ4n) is 2.64. The molecule has 1 saturated heterocycles. The molecule has 114 valence electrons. The van der Waals surface area contributed by atoms with E-state index in [2.05, 4.69) is 0 Å². The molecule has 0 bridgehead atoms. The number of aliphatic carboxylic acids is 1.